The zero-order chi connectivity index (χ0) is 18.9. The van der Waals surface area contributed by atoms with E-state index in [9.17, 15) is 14.4 Å². The predicted octanol–water partition coefficient (Wildman–Crippen LogP) is 1.80. The van der Waals surface area contributed by atoms with Crippen LogP contribution in [-0.2, 0) is 14.3 Å². The Kier molecular flexibility index (Phi) is 7.34. The molecular weight excluding hydrogens is 383 g/mol. The Balaban J connectivity index is 1.68. The molecule has 1 heterocycles. The first-order valence-electron chi connectivity index (χ1n) is 7.29. The van der Waals surface area contributed by atoms with E-state index in [2.05, 4.69) is 21.2 Å². The van der Waals surface area contributed by atoms with E-state index in [1.54, 1.807) is 30.3 Å². The van der Waals surface area contributed by atoms with Crippen LogP contribution < -0.4 is 16.2 Å². The van der Waals surface area contributed by atoms with E-state index in [1.807, 2.05) is 0 Å². The van der Waals surface area contributed by atoms with Crippen LogP contribution in [0.4, 0.5) is 5.69 Å². The lowest BCUT2D eigenvalue weighted by atomic mass is 10.3. The minimum atomic E-state index is -0.636. The lowest BCUT2D eigenvalue weighted by Crippen LogP contribution is -2.43. The van der Waals surface area contributed by atoms with Gasteiger partial charge in [0.25, 0.3) is 11.8 Å². The first-order valence-corrected chi connectivity index (χ1v) is 8.05. The Hall–Kier alpha value is -2.68. The first-order chi connectivity index (χ1) is 12.5. The minimum Gasteiger partial charge on any atom is -0.362 e. The van der Waals surface area contributed by atoms with Gasteiger partial charge in [-0.15, -0.1) is 0 Å². The van der Waals surface area contributed by atoms with Crippen molar-refractivity contribution >= 4 is 46.6 Å². The van der Waals surface area contributed by atoms with Gasteiger partial charge in [0.1, 0.15) is 18.9 Å². The van der Waals surface area contributed by atoms with E-state index in [4.69, 9.17) is 27.9 Å². The van der Waals surface area contributed by atoms with Gasteiger partial charge in [-0.2, -0.15) is 0 Å². The molecule has 0 saturated heterocycles. The van der Waals surface area contributed by atoms with Gasteiger partial charge < -0.3 is 10.1 Å². The second-order valence-electron chi connectivity index (χ2n) is 4.86. The van der Waals surface area contributed by atoms with E-state index in [1.165, 1.54) is 12.3 Å². The van der Waals surface area contributed by atoms with Crippen LogP contribution in [-0.4, -0.2) is 35.9 Å². The highest BCUT2D eigenvalue weighted by Crippen LogP contribution is 2.29. The fraction of sp³-hybridized carbons (Fsp3) is 0.125. The average molecular weight is 397 g/mol. The van der Waals surface area contributed by atoms with Crippen molar-refractivity contribution in [2.75, 3.05) is 18.5 Å². The molecule has 2 rings (SSSR count). The van der Waals surface area contributed by atoms with Gasteiger partial charge in [0.2, 0.25) is 5.91 Å². The summed E-state index contributed by atoms with van der Waals surface area (Å²) in [6, 6.07) is 9.57. The Morgan fingerprint density at radius 1 is 0.962 bits per heavy atom. The molecule has 0 aliphatic carbocycles. The minimum absolute atomic E-state index is 0.145. The molecule has 0 spiro atoms. The van der Waals surface area contributed by atoms with Gasteiger partial charge in [-0.25, -0.2) is 0 Å². The quantitative estimate of drug-likeness (QED) is 0.644. The van der Waals surface area contributed by atoms with Gasteiger partial charge in [0.15, 0.2) is 0 Å². The molecule has 0 radical (unpaired) electrons. The number of nitrogens with zero attached hydrogens (tertiary/aromatic N) is 1. The molecule has 1 aromatic carbocycles. The molecule has 0 aliphatic heterocycles. The number of pyridine rings is 1. The second-order valence-corrected chi connectivity index (χ2v) is 5.64. The molecule has 26 heavy (non-hydrogen) atoms. The van der Waals surface area contributed by atoms with Crippen LogP contribution in [0.3, 0.4) is 0 Å². The lowest BCUT2D eigenvalue weighted by Gasteiger charge is -2.09. The van der Waals surface area contributed by atoms with Crippen molar-refractivity contribution in [1.82, 2.24) is 15.8 Å². The molecule has 0 fully saturated rings. The zero-order valence-electron chi connectivity index (χ0n) is 13.3. The van der Waals surface area contributed by atoms with Gasteiger partial charge >= 0.3 is 0 Å². The molecule has 0 atom stereocenters. The summed E-state index contributed by atoms with van der Waals surface area (Å²) >= 11 is 11.8. The van der Waals surface area contributed by atoms with Gasteiger partial charge in [-0.1, -0.05) is 35.3 Å². The average Bonchev–Trinajstić information content (AvgIpc) is 2.64. The van der Waals surface area contributed by atoms with E-state index >= 15 is 0 Å². The number of carbonyl (C=O) groups is 3. The lowest BCUT2D eigenvalue weighted by molar-refractivity contribution is -0.129. The van der Waals surface area contributed by atoms with E-state index in [0.29, 0.717) is 10.7 Å². The summed E-state index contributed by atoms with van der Waals surface area (Å²) in [5, 5.41) is 3.01. The molecule has 3 N–H and O–H groups in total. The number of nitrogens with one attached hydrogen (secondary N) is 3. The maximum atomic E-state index is 11.8. The van der Waals surface area contributed by atoms with Crippen molar-refractivity contribution in [3.05, 3.63) is 58.3 Å². The van der Waals surface area contributed by atoms with Crippen LogP contribution in [0.2, 0.25) is 10.0 Å². The number of halogens is 2. The zero-order valence-corrected chi connectivity index (χ0v) is 14.8. The number of hydrogen-bond acceptors (Lipinski definition) is 5. The number of amides is 3. The third kappa shape index (κ3) is 5.99. The van der Waals surface area contributed by atoms with Crippen molar-refractivity contribution in [2.24, 2.45) is 0 Å². The van der Waals surface area contributed by atoms with Crippen LogP contribution in [0.1, 0.15) is 10.5 Å². The Morgan fingerprint density at radius 3 is 2.46 bits per heavy atom. The van der Waals surface area contributed by atoms with Crippen LogP contribution in [0.5, 0.6) is 0 Å². The van der Waals surface area contributed by atoms with Crippen LogP contribution in [0, 0.1) is 0 Å². The summed E-state index contributed by atoms with van der Waals surface area (Å²) in [4.78, 5) is 38.8. The molecule has 8 nitrogen and oxygen atoms in total. The molecule has 10 heteroatoms. The van der Waals surface area contributed by atoms with Crippen molar-refractivity contribution in [1.29, 1.82) is 0 Å². The fourth-order valence-corrected chi connectivity index (χ4v) is 2.09. The molecule has 1 aromatic heterocycles. The number of rotatable bonds is 6. The number of aromatic nitrogens is 1. The van der Waals surface area contributed by atoms with Crippen LogP contribution in [0.15, 0.2) is 42.6 Å². The number of hydrazine groups is 1. The Bertz CT molecular complexity index is 802. The normalized spacial score (nSPS) is 10.1. The van der Waals surface area contributed by atoms with E-state index < -0.39 is 24.3 Å². The molecule has 0 bridgehead atoms. The second kappa shape index (κ2) is 9.71. The van der Waals surface area contributed by atoms with Crippen molar-refractivity contribution < 1.29 is 19.1 Å². The summed E-state index contributed by atoms with van der Waals surface area (Å²) in [5.74, 6) is -1.73. The standard InChI is InChI=1S/C16H14Cl2N4O4/c17-10-4-3-6-11(15(10)18)20-13(23)8-26-9-14(24)21-22-16(25)12-5-1-2-7-19-12/h1-7H,8-9H2,(H,20,23)(H,21,24)(H,22,25). The molecule has 0 saturated carbocycles. The van der Waals surface area contributed by atoms with Gasteiger partial charge in [0, 0.05) is 6.20 Å². The van der Waals surface area contributed by atoms with Crippen molar-refractivity contribution in [3.8, 4) is 0 Å². The number of hydrogen-bond donors (Lipinski definition) is 3. The maximum absolute atomic E-state index is 11.8. The third-order valence-electron chi connectivity index (χ3n) is 2.90. The van der Waals surface area contributed by atoms with Gasteiger partial charge in [0.05, 0.1) is 15.7 Å². The number of anilines is 1. The van der Waals surface area contributed by atoms with Crippen molar-refractivity contribution in [3.63, 3.8) is 0 Å². The monoisotopic (exact) mass is 396 g/mol. The molecule has 0 unspecified atom stereocenters. The predicted molar refractivity (Wildman–Crippen MR) is 95.8 cm³/mol. The molecular formula is C16H14Cl2N4O4. The summed E-state index contributed by atoms with van der Waals surface area (Å²) < 4.78 is 4.97. The highest BCUT2D eigenvalue weighted by molar-refractivity contribution is 6.44. The van der Waals surface area contributed by atoms with Gasteiger partial charge in [-0.3, -0.25) is 30.2 Å². The van der Waals surface area contributed by atoms with Crippen LogP contribution >= 0.6 is 23.2 Å². The molecule has 2 aromatic rings. The molecule has 0 aliphatic rings. The number of carbonyl (C=O) groups excluding carboxylic acids is 3. The topological polar surface area (TPSA) is 109 Å². The highest BCUT2D eigenvalue weighted by Gasteiger charge is 2.11. The Labute approximate surface area is 158 Å². The van der Waals surface area contributed by atoms with Gasteiger partial charge in [-0.05, 0) is 24.3 Å². The highest BCUT2D eigenvalue weighted by atomic mass is 35.5. The van der Waals surface area contributed by atoms with Crippen LogP contribution in [0.25, 0.3) is 0 Å². The first kappa shape index (κ1) is 19.6. The summed E-state index contributed by atoms with van der Waals surface area (Å²) in [6.07, 6.45) is 1.45. The summed E-state index contributed by atoms with van der Waals surface area (Å²) in [7, 11) is 0. The smallest absolute Gasteiger partial charge is 0.288 e. The summed E-state index contributed by atoms with van der Waals surface area (Å²) in [6.45, 7) is -0.816. The molecule has 3 amide bonds. The SMILES string of the molecule is O=C(COCC(=O)Nc1cccc(Cl)c1Cl)NNC(=O)c1ccccn1. The Morgan fingerprint density at radius 2 is 1.73 bits per heavy atom. The fourth-order valence-electron chi connectivity index (χ4n) is 1.75. The maximum Gasteiger partial charge on any atom is 0.288 e. The number of ether oxygens (including phenoxy) is 1. The van der Waals surface area contributed by atoms with E-state index in [0.717, 1.165) is 0 Å². The molecule has 136 valence electrons. The largest absolute Gasteiger partial charge is 0.362 e. The summed E-state index contributed by atoms with van der Waals surface area (Å²) in [5.41, 5.74) is 4.80. The number of benzene rings is 1. The van der Waals surface area contributed by atoms with E-state index in [-0.39, 0.29) is 17.3 Å². The van der Waals surface area contributed by atoms with Crippen molar-refractivity contribution in [2.45, 2.75) is 0 Å². The third-order valence-corrected chi connectivity index (χ3v) is 3.72.